The average Bonchev–Trinajstić information content (AvgIpc) is 3.52. The molecule has 1 amide bonds. The summed E-state index contributed by atoms with van der Waals surface area (Å²) in [5.41, 5.74) is 3.75. The SMILES string of the molecule is CC(C)(C)C1CCC(n2cc3cc4c(cc3n2)N2CC[C@@H](C2)OCCOc2cccc(c2)C(=O)N4)CC1. The second-order valence-corrected chi connectivity index (χ2v) is 12.0. The van der Waals surface area contributed by atoms with Crippen molar-refractivity contribution in [3.05, 3.63) is 48.2 Å². The first kappa shape index (κ1) is 24.3. The van der Waals surface area contributed by atoms with Gasteiger partial charge in [0.1, 0.15) is 12.4 Å². The zero-order valence-electron chi connectivity index (χ0n) is 22.2. The van der Waals surface area contributed by atoms with Crippen LogP contribution in [0.3, 0.4) is 0 Å². The summed E-state index contributed by atoms with van der Waals surface area (Å²) in [6, 6.07) is 12.0. The van der Waals surface area contributed by atoms with Crippen molar-refractivity contribution in [2.24, 2.45) is 11.3 Å². The zero-order chi connectivity index (χ0) is 25.6. The Morgan fingerprint density at radius 1 is 1.03 bits per heavy atom. The largest absolute Gasteiger partial charge is 0.491 e. The van der Waals surface area contributed by atoms with E-state index >= 15 is 0 Å². The summed E-state index contributed by atoms with van der Waals surface area (Å²) < 4.78 is 14.1. The third kappa shape index (κ3) is 5.06. The molecule has 1 aromatic heterocycles. The third-order valence-electron chi connectivity index (χ3n) is 8.47. The van der Waals surface area contributed by atoms with Crippen LogP contribution in [-0.4, -0.2) is 48.1 Å². The van der Waals surface area contributed by atoms with Crippen LogP contribution >= 0.6 is 0 Å². The summed E-state index contributed by atoms with van der Waals surface area (Å²) in [5, 5.41) is 9.29. The van der Waals surface area contributed by atoms with Crippen LogP contribution in [0.4, 0.5) is 11.4 Å². The van der Waals surface area contributed by atoms with Gasteiger partial charge >= 0.3 is 0 Å². The Hall–Kier alpha value is -3.06. The Kier molecular flexibility index (Phi) is 6.35. The van der Waals surface area contributed by atoms with E-state index in [0.29, 0.717) is 36.0 Å². The molecule has 7 nitrogen and oxygen atoms in total. The maximum absolute atomic E-state index is 13.3. The minimum absolute atomic E-state index is 0.136. The molecular formula is C30H38N4O3. The molecule has 1 saturated heterocycles. The molecule has 0 unspecified atom stereocenters. The van der Waals surface area contributed by atoms with Crippen LogP contribution in [0, 0.1) is 11.3 Å². The predicted octanol–water partition coefficient (Wildman–Crippen LogP) is 6.05. The summed E-state index contributed by atoms with van der Waals surface area (Å²) in [6.45, 7) is 9.75. The van der Waals surface area contributed by atoms with Crippen LogP contribution in [-0.2, 0) is 4.74 Å². The second kappa shape index (κ2) is 9.67. The highest BCUT2D eigenvalue weighted by Crippen LogP contribution is 2.42. The van der Waals surface area contributed by atoms with Crippen LogP contribution in [0.5, 0.6) is 5.75 Å². The van der Waals surface area contributed by atoms with Gasteiger partial charge in [-0.05, 0) is 73.8 Å². The molecule has 1 N–H and O–H groups in total. The van der Waals surface area contributed by atoms with Gasteiger partial charge in [-0.2, -0.15) is 5.10 Å². The van der Waals surface area contributed by atoms with E-state index in [2.05, 4.69) is 54.0 Å². The van der Waals surface area contributed by atoms with E-state index in [1.54, 1.807) is 6.07 Å². The van der Waals surface area contributed by atoms with Gasteiger partial charge in [0.05, 0.1) is 35.6 Å². The molecule has 3 aromatic rings. The van der Waals surface area contributed by atoms with Gasteiger partial charge < -0.3 is 19.7 Å². The molecule has 6 rings (SSSR count). The van der Waals surface area contributed by atoms with E-state index in [4.69, 9.17) is 14.6 Å². The van der Waals surface area contributed by atoms with E-state index in [9.17, 15) is 4.79 Å². The molecule has 1 atom stereocenters. The zero-order valence-corrected chi connectivity index (χ0v) is 22.2. The maximum atomic E-state index is 13.3. The molecule has 3 heterocycles. The number of anilines is 2. The standard InChI is InChI=1S/C30H38N4O3/c1-30(2,3)22-7-9-23(10-8-22)34-18-21-16-27-28(17-26(21)32-34)33-12-11-25(19-33)37-14-13-36-24-6-4-5-20(15-24)29(35)31-27/h4-6,15-18,22-23,25H,7-14,19H2,1-3H3,(H,31,35)/t22?,23?,25-/m0/s1. The number of carbonyl (C=O) groups is 1. The fourth-order valence-electron chi connectivity index (χ4n) is 6.21. The van der Waals surface area contributed by atoms with E-state index in [0.717, 1.165) is 60.5 Å². The number of hydrogen-bond donors (Lipinski definition) is 1. The molecule has 0 spiro atoms. The molecule has 2 aromatic carbocycles. The van der Waals surface area contributed by atoms with Crippen LogP contribution < -0.4 is 15.0 Å². The van der Waals surface area contributed by atoms with Crippen molar-refractivity contribution in [3.8, 4) is 5.75 Å². The van der Waals surface area contributed by atoms with Crippen LogP contribution in [0.15, 0.2) is 42.6 Å². The Labute approximate surface area is 219 Å². The minimum atomic E-state index is -0.136. The van der Waals surface area contributed by atoms with E-state index in [-0.39, 0.29) is 12.0 Å². The highest BCUT2D eigenvalue weighted by atomic mass is 16.5. The van der Waals surface area contributed by atoms with Crippen molar-refractivity contribution in [1.29, 1.82) is 0 Å². The van der Waals surface area contributed by atoms with Gasteiger partial charge in [-0.3, -0.25) is 9.48 Å². The van der Waals surface area contributed by atoms with Gasteiger partial charge in [0.2, 0.25) is 0 Å². The Balaban J connectivity index is 1.33. The van der Waals surface area contributed by atoms with Gasteiger partial charge in [-0.15, -0.1) is 0 Å². The number of rotatable bonds is 1. The lowest BCUT2D eigenvalue weighted by Crippen LogP contribution is -2.27. The number of hydrogen-bond acceptors (Lipinski definition) is 5. The summed E-state index contributed by atoms with van der Waals surface area (Å²) in [7, 11) is 0. The Morgan fingerprint density at radius 3 is 2.68 bits per heavy atom. The van der Waals surface area contributed by atoms with Crippen LogP contribution in [0.2, 0.25) is 0 Å². The lowest BCUT2D eigenvalue weighted by molar-refractivity contribution is 0.0465. The Bertz CT molecular complexity index is 1290. The third-order valence-corrected chi connectivity index (χ3v) is 8.47. The minimum Gasteiger partial charge on any atom is -0.491 e. The normalized spacial score (nSPS) is 24.8. The number of nitrogens with zero attached hydrogens (tertiary/aromatic N) is 3. The number of aromatic nitrogens is 2. The van der Waals surface area contributed by atoms with Crippen molar-refractivity contribution in [2.75, 3.05) is 36.5 Å². The summed E-state index contributed by atoms with van der Waals surface area (Å²) >= 11 is 0. The Morgan fingerprint density at radius 2 is 1.86 bits per heavy atom. The maximum Gasteiger partial charge on any atom is 0.255 e. The number of carbonyl (C=O) groups excluding carboxylic acids is 1. The highest BCUT2D eigenvalue weighted by molar-refractivity contribution is 6.07. The van der Waals surface area contributed by atoms with Crippen molar-refractivity contribution >= 4 is 28.2 Å². The first-order valence-electron chi connectivity index (χ1n) is 13.8. The average molecular weight is 503 g/mol. The lowest BCUT2D eigenvalue weighted by atomic mass is 9.71. The smallest absolute Gasteiger partial charge is 0.255 e. The van der Waals surface area contributed by atoms with Crippen LogP contribution in [0.25, 0.3) is 10.9 Å². The van der Waals surface area contributed by atoms with Gasteiger partial charge in [0.25, 0.3) is 5.91 Å². The number of fused-ring (bicyclic) bond motifs is 7. The number of benzene rings is 2. The molecule has 7 heteroatoms. The quantitative estimate of drug-likeness (QED) is 0.438. The topological polar surface area (TPSA) is 68.6 Å². The first-order chi connectivity index (χ1) is 17.8. The molecule has 37 heavy (non-hydrogen) atoms. The number of ether oxygens (including phenoxy) is 2. The van der Waals surface area contributed by atoms with Crippen molar-refractivity contribution in [2.45, 2.75) is 65.0 Å². The molecule has 2 fully saturated rings. The summed E-state index contributed by atoms with van der Waals surface area (Å²) in [5.74, 6) is 1.31. The van der Waals surface area contributed by atoms with E-state index in [1.165, 1.54) is 12.8 Å². The lowest BCUT2D eigenvalue weighted by Gasteiger charge is -2.37. The van der Waals surface area contributed by atoms with Gasteiger partial charge in [0.15, 0.2) is 0 Å². The highest BCUT2D eigenvalue weighted by Gasteiger charge is 2.31. The fourth-order valence-corrected chi connectivity index (χ4v) is 6.21. The van der Waals surface area contributed by atoms with E-state index in [1.807, 2.05) is 18.2 Å². The molecule has 196 valence electrons. The molecule has 0 radical (unpaired) electrons. The molecule has 1 aliphatic carbocycles. The monoisotopic (exact) mass is 502 g/mol. The van der Waals surface area contributed by atoms with Gasteiger partial charge in [-0.25, -0.2) is 0 Å². The van der Waals surface area contributed by atoms with Gasteiger partial charge in [0, 0.05) is 30.2 Å². The molecule has 3 aliphatic rings. The van der Waals surface area contributed by atoms with Gasteiger partial charge in [-0.1, -0.05) is 26.8 Å². The second-order valence-electron chi connectivity index (χ2n) is 12.0. The van der Waals surface area contributed by atoms with Crippen LogP contribution in [0.1, 0.15) is 69.3 Å². The molecule has 1 saturated carbocycles. The predicted molar refractivity (Wildman–Crippen MR) is 147 cm³/mol. The summed E-state index contributed by atoms with van der Waals surface area (Å²) in [4.78, 5) is 15.6. The van der Waals surface area contributed by atoms with Crippen molar-refractivity contribution < 1.29 is 14.3 Å². The van der Waals surface area contributed by atoms with Crippen molar-refractivity contribution in [1.82, 2.24) is 9.78 Å². The van der Waals surface area contributed by atoms with Crippen molar-refractivity contribution in [3.63, 3.8) is 0 Å². The summed E-state index contributed by atoms with van der Waals surface area (Å²) in [6.07, 6.45) is 8.08. The number of amides is 1. The first-order valence-corrected chi connectivity index (χ1v) is 13.8. The fraction of sp³-hybridized carbons (Fsp3) is 0.533. The molecule has 2 aliphatic heterocycles. The molecular weight excluding hydrogens is 464 g/mol. The number of nitrogens with one attached hydrogen (secondary N) is 1. The molecule has 4 bridgehead atoms. The van der Waals surface area contributed by atoms with E-state index < -0.39 is 0 Å².